The van der Waals surface area contributed by atoms with Crippen LogP contribution in [-0.4, -0.2) is 19.0 Å². The Hall–Kier alpha value is -1.88. The lowest BCUT2D eigenvalue weighted by Crippen LogP contribution is -2.27. The predicted molar refractivity (Wildman–Crippen MR) is 91.7 cm³/mol. The van der Waals surface area contributed by atoms with Crippen LogP contribution in [0, 0.1) is 5.82 Å². The Morgan fingerprint density at radius 3 is 2.59 bits per heavy atom. The second-order valence-electron chi connectivity index (χ2n) is 4.84. The molecule has 0 spiro atoms. The van der Waals surface area contributed by atoms with Gasteiger partial charge in [0.25, 0.3) is 0 Å². The maximum absolute atomic E-state index is 13.7. The molecule has 0 heterocycles. The average molecular weight is 365 g/mol. The van der Waals surface area contributed by atoms with Crippen LogP contribution in [0.4, 0.5) is 15.8 Å². The Labute approximate surface area is 138 Å². The zero-order chi connectivity index (χ0) is 15.9. The van der Waals surface area contributed by atoms with Gasteiger partial charge in [-0.1, -0.05) is 34.1 Å². The standard InChI is InChI=1S/C17H18BrFN2O/c1-2-21(14-6-4-3-5-7-14)11-10-17(22)20-16-9-8-13(18)12-15(16)19/h3-9,12H,2,10-11H2,1H3,(H,20,22). The van der Waals surface area contributed by atoms with E-state index in [0.717, 1.165) is 12.2 Å². The fourth-order valence-corrected chi connectivity index (χ4v) is 2.48. The topological polar surface area (TPSA) is 32.3 Å². The van der Waals surface area contributed by atoms with Gasteiger partial charge in [-0.25, -0.2) is 4.39 Å². The third kappa shape index (κ3) is 4.56. The molecule has 2 aromatic rings. The minimum atomic E-state index is -0.446. The molecule has 0 radical (unpaired) electrons. The maximum atomic E-state index is 13.7. The van der Waals surface area contributed by atoms with Crippen molar-refractivity contribution in [1.29, 1.82) is 0 Å². The number of nitrogens with zero attached hydrogens (tertiary/aromatic N) is 1. The van der Waals surface area contributed by atoms with E-state index >= 15 is 0 Å². The quantitative estimate of drug-likeness (QED) is 0.821. The number of nitrogens with one attached hydrogen (secondary N) is 1. The Kier molecular flexibility index (Phi) is 5.95. The van der Waals surface area contributed by atoms with Crippen LogP contribution >= 0.6 is 15.9 Å². The molecule has 0 atom stereocenters. The zero-order valence-corrected chi connectivity index (χ0v) is 13.9. The van der Waals surface area contributed by atoms with Crippen LogP contribution in [0.5, 0.6) is 0 Å². The van der Waals surface area contributed by atoms with Crippen molar-refractivity contribution < 1.29 is 9.18 Å². The Morgan fingerprint density at radius 2 is 1.95 bits per heavy atom. The molecule has 0 unspecified atom stereocenters. The van der Waals surface area contributed by atoms with Crippen molar-refractivity contribution in [3.63, 3.8) is 0 Å². The van der Waals surface area contributed by atoms with Crippen LogP contribution < -0.4 is 10.2 Å². The number of benzene rings is 2. The summed E-state index contributed by atoms with van der Waals surface area (Å²) in [6, 6.07) is 14.5. The molecule has 2 aromatic carbocycles. The molecule has 1 N–H and O–H groups in total. The zero-order valence-electron chi connectivity index (χ0n) is 12.4. The molecule has 0 aliphatic rings. The summed E-state index contributed by atoms with van der Waals surface area (Å²) < 4.78 is 14.3. The number of hydrogen-bond donors (Lipinski definition) is 1. The van der Waals surface area contributed by atoms with E-state index < -0.39 is 5.82 Å². The molecule has 0 bridgehead atoms. The number of rotatable bonds is 6. The van der Waals surface area contributed by atoms with Gasteiger partial charge >= 0.3 is 0 Å². The third-order valence-electron chi connectivity index (χ3n) is 3.32. The van der Waals surface area contributed by atoms with Gasteiger partial charge in [-0.2, -0.15) is 0 Å². The molecule has 3 nitrogen and oxygen atoms in total. The molecule has 5 heteroatoms. The molecule has 0 saturated carbocycles. The highest BCUT2D eigenvalue weighted by molar-refractivity contribution is 9.10. The smallest absolute Gasteiger partial charge is 0.226 e. The number of anilines is 2. The summed E-state index contributed by atoms with van der Waals surface area (Å²) in [4.78, 5) is 14.1. The lowest BCUT2D eigenvalue weighted by molar-refractivity contribution is -0.116. The first kappa shape index (κ1) is 16.5. The molecule has 0 saturated heterocycles. The first-order chi connectivity index (χ1) is 10.6. The van der Waals surface area contributed by atoms with Gasteiger partial charge in [-0.05, 0) is 37.3 Å². The molecule has 0 aromatic heterocycles. The summed E-state index contributed by atoms with van der Waals surface area (Å²) in [6.07, 6.45) is 0.304. The molecule has 0 fully saturated rings. The second-order valence-corrected chi connectivity index (χ2v) is 5.75. The van der Waals surface area contributed by atoms with Crippen LogP contribution in [0.15, 0.2) is 53.0 Å². The van der Waals surface area contributed by atoms with Gasteiger partial charge in [-0.3, -0.25) is 4.79 Å². The van der Waals surface area contributed by atoms with Gasteiger partial charge in [0.15, 0.2) is 0 Å². The van der Waals surface area contributed by atoms with Gasteiger partial charge in [0.05, 0.1) is 5.69 Å². The summed E-state index contributed by atoms with van der Waals surface area (Å²) in [6.45, 7) is 3.44. The van der Waals surface area contributed by atoms with Crippen molar-refractivity contribution in [1.82, 2.24) is 0 Å². The minimum absolute atomic E-state index is 0.199. The van der Waals surface area contributed by atoms with Gasteiger partial charge in [0.1, 0.15) is 5.82 Å². The van der Waals surface area contributed by atoms with Crippen molar-refractivity contribution in [2.75, 3.05) is 23.3 Å². The molecule has 0 aliphatic carbocycles. The van der Waals surface area contributed by atoms with Crippen LogP contribution in [0.25, 0.3) is 0 Å². The number of carbonyl (C=O) groups is 1. The first-order valence-corrected chi connectivity index (χ1v) is 7.94. The summed E-state index contributed by atoms with van der Waals surface area (Å²) in [5, 5.41) is 2.61. The molecular weight excluding hydrogens is 347 g/mol. The Morgan fingerprint density at radius 1 is 1.23 bits per heavy atom. The highest BCUT2D eigenvalue weighted by Gasteiger charge is 2.10. The van der Waals surface area contributed by atoms with Gasteiger partial charge in [0, 0.05) is 29.7 Å². The molecule has 1 amide bonds. The fourth-order valence-electron chi connectivity index (χ4n) is 2.15. The van der Waals surface area contributed by atoms with Gasteiger partial charge in [0.2, 0.25) is 5.91 Å². The van der Waals surface area contributed by atoms with E-state index in [-0.39, 0.29) is 11.6 Å². The number of hydrogen-bond acceptors (Lipinski definition) is 2. The van der Waals surface area contributed by atoms with Crippen molar-refractivity contribution in [3.05, 3.63) is 58.8 Å². The summed E-state index contributed by atoms with van der Waals surface area (Å²) in [7, 11) is 0. The normalized spacial score (nSPS) is 10.3. The first-order valence-electron chi connectivity index (χ1n) is 7.15. The summed E-state index contributed by atoms with van der Waals surface area (Å²) >= 11 is 3.19. The maximum Gasteiger partial charge on any atom is 0.226 e. The lowest BCUT2D eigenvalue weighted by Gasteiger charge is -2.22. The highest BCUT2D eigenvalue weighted by atomic mass is 79.9. The van der Waals surface area contributed by atoms with E-state index in [1.165, 1.54) is 6.07 Å². The van der Waals surface area contributed by atoms with Gasteiger partial charge in [-0.15, -0.1) is 0 Å². The van der Waals surface area contributed by atoms with Crippen molar-refractivity contribution >= 4 is 33.2 Å². The monoisotopic (exact) mass is 364 g/mol. The van der Waals surface area contributed by atoms with E-state index in [2.05, 4.69) is 26.1 Å². The second kappa shape index (κ2) is 7.94. The predicted octanol–water partition coefficient (Wildman–Crippen LogP) is 4.44. The van der Waals surface area contributed by atoms with Crippen LogP contribution in [-0.2, 0) is 4.79 Å². The molecule has 22 heavy (non-hydrogen) atoms. The fraction of sp³-hybridized carbons (Fsp3) is 0.235. The Bertz CT molecular complexity index is 634. The van der Waals surface area contributed by atoms with E-state index in [0.29, 0.717) is 17.4 Å². The lowest BCUT2D eigenvalue weighted by atomic mass is 10.2. The van der Waals surface area contributed by atoms with Crippen LogP contribution in [0.3, 0.4) is 0 Å². The van der Waals surface area contributed by atoms with E-state index in [1.54, 1.807) is 12.1 Å². The van der Waals surface area contributed by atoms with Crippen LogP contribution in [0.1, 0.15) is 13.3 Å². The SMILES string of the molecule is CCN(CCC(=O)Nc1ccc(Br)cc1F)c1ccccc1. The third-order valence-corrected chi connectivity index (χ3v) is 3.81. The van der Waals surface area contributed by atoms with Crippen molar-refractivity contribution in [3.8, 4) is 0 Å². The summed E-state index contributed by atoms with van der Waals surface area (Å²) in [5.74, 6) is -0.645. The average Bonchev–Trinajstić information content (AvgIpc) is 2.52. The molecule has 116 valence electrons. The minimum Gasteiger partial charge on any atom is -0.371 e. The van der Waals surface area contributed by atoms with Crippen molar-refractivity contribution in [2.45, 2.75) is 13.3 Å². The number of halogens is 2. The van der Waals surface area contributed by atoms with E-state index in [1.807, 2.05) is 37.3 Å². The largest absolute Gasteiger partial charge is 0.371 e. The Balaban J connectivity index is 1.92. The van der Waals surface area contributed by atoms with E-state index in [4.69, 9.17) is 0 Å². The number of para-hydroxylation sites is 1. The van der Waals surface area contributed by atoms with Gasteiger partial charge < -0.3 is 10.2 Å². The molecule has 0 aliphatic heterocycles. The number of carbonyl (C=O) groups excluding carboxylic acids is 1. The molecule has 2 rings (SSSR count). The summed E-state index contributed by atoms with van der Waals surface area (Å²) in [5.41, 5.74) is 1.28. The van der Waals surface area contributed by atoms with Crippen LogP contribution in [0.2, 0.25) is 0 Å². The molecular formula is C17H18BrFN2O. The van der Waals surface area contributed by atoms with Crippen molar-refractivity contribution in [2.24, 2.45) is 0 Å². The van der Waals surface area contributed by atoms with E-state index in [9.17, 15) is 9.18 Å². The highest BCUT2D eigenvalue weighted by Crippen LogP contribution is 2.19. The number of amides is 1.